The lowest BCUT2D eigenvalue weighted by Crippen LogP contribution is -2.07. The fourth-order valence-electron chi connectivity index (χ4n) is 1.17. The molecule has 0 bridgehead atoms. The van der Waals surface area contributed by atoms with Crippen LogP contribution in [0.1, 0.15) is 18.4 Å². The predicted molar refractivity (Wildman–Crippen MR) is 60.5 cm³/mol. The van der Waals surface area contributed by atoms with Gasteiger partial charge in [-0.25, -0.2) is 0 Å². The molecule has 0 heterocycles. The summed E-state index contributed by atoms with van der Waals surface area (Å²) < 4.78 is 0. The van der Waals surface area contributed by atoms with E-state index in [1.54, 1.807) is 0 Å². The van der Waals surface area contributed by atoms with Gasteiger partial charge in [-0.15, -0.1) is 0 Å². The van der Waals surface area contributed by atoms with Gasteiger partial charge in [0.05, 0.1) is 16.1 Å². The second-order valence-electron chi connectivity index (χ2n) is 2.93. The van der Waals surface area contributed by atoms with E-state index in [9.17, 15) is 4.79 Å². The van der Waals surface area contributed by atoms with Gasteiger partial charge in [-0.05, 0) is 19.1 Å². The molecule has 1 atom stereocenters. The van der Waals surface area contributed by atoms with E-state index in [1.807, 2.05) is 6.07 Å². The van der Waals surface area contributed by atoms with Gasteiger partial charge in [0.2, 0.25) is 0 Å². The Morgan fingerprint density at radius 2 is 1.87 bits per heavy atom. The Balaban J connectivity index is 3.42. The third-order valence-corrected chi connectivity index (χ3v) is 3.05. The number of hydrogen-bond acceptors (Lipinski definition) is 2. The van der Waals surface area contributed by atoms with Crippen LogP contribution in [0.5, 0.6) is 0 Å². The Labute approximate surface area is 102 Å². The van der Waals surface area contributed by atoms with Crippen molar-refractivity contribution in [1.29, 1.82) is 5.26 Å². The molecule has 0 amide bonds. The predicted octanol–water partition coefficient (Wildman–Crippen LogP) is 3.84. The summed E-state index contributed by atoms with van der Waals surface area (Å²) in [6.45, 7) is 1.31. The molecular weight excluding hydrogens is 256 g/mol. The molecule has 1 unspecified atom stereocenters. The van der Waals surface area contributed by atoms with Crippen molar-refractivity contribution in [2.75, 3.05) is 0 Å². The average Bonchev–Trinajstić information content (AvgIpc) is 2.18. The van der Waals surface area contributed by atoms with Crippen LogP contribution in [0.3, 0.4) is 0 Å². The normalized spacial score (nSPS) is 11.9. The van der Waals surface area contributed by atoms with Crippen molar-refractivity contribution < 1.29 is 4.79 Å². The number of nitriles is 1. The number of nitrogens with zero attached hydrogens (tertiary/aromatic N) is 1. The lowest BCUT2D eigenvalue weighted by atomic mass is 9.97. The molecule has 0 aromatic heterocycles. The van der Waals surface area contributed by atoms with E-state index in [4.69, 9.17) is 40.1 Å². The smallest absolute Gasteiger partial charge is 0.151 e. The van der Waals surface area contributed by atoms with Crippen molar-refractivity contribution in [1.82, 2.24) is 0 Å². The molecule has 0 saturated carbocycles. The minimum Gasteiger partial charge on any atom is -0.298 e. The number of halogens is 3. The Kier molecular flexibility index (Phi) is 3.98. The number of hydrogen-bond donors (Lipinski definition) is 0. The zero-order chi connectivity index (χ0) is 11.6. The van der Waals surface area contributed by atoms with Gasteiger partial charge in [-0.1, -0.05) is 34.8 Å². The molecule has 5 heteroatoms. The molecule has 0 N–H and O–H groups in total. The van der Waals surface area contributed by atoms with Crippen molar-refractivity contribution in [2.45, 2.75) is 12.8 Å². The molecular formula is C10H6Cl3NO. The van der Waals surface area contributed by atoms with Gasteiger partial charge in [0.15, 0.2) is 5.78 Å². The van der Waals surface area contributed by atoms with Crippen LogP contribution in [-0.2, 0) is 4.79 Å². The molecule has 2 nitrogen and oxygen atoms in total. The highest BCUT2D eigenvalue weighted by molar-refractivity contribution is 6.44. The Hall–Kier alpha value is -0.750. The summed E-state index contributed by atoms with van der Waals surface area (Å²) in [6, 6.07) is 4.88. The number of carbonyl (C=O) groups is 1. The fourth-order valence-corrected chi connectivity index (χ4v) is 1.92. The topological polar surface area (TPSA) is 40.9 Å². The zero-order valence-corrected chi connectivity index (χ0v) is 9.99. The number of benzene rings is 1. The zero-order valence-electron chi connectivity index (χ0n) is 7.72. The monoisotopic (exact) mass is 261 g/mol. The van der Waals surface area contributed by atoms with Gasteiger partial charge in [-0.2, -0.15) is 5.26 Å². The van der Waals surface area contributed by atoms with Crippen molar-refractivity contribution in [3.8, 4) is 6.07 Å². The van der Waals surface area contributed by atoms with Gasteiger partial charge in [0, 0.05) is 10.6 Å². The molecule has 0 radical (unpaired) electrons. The fraction of sp³-hybridized carbons (Fsp3) is 0.200. The van der Waals surface area contributed by atoms with Crippen LogP contribution in [0, 0.1) is 11.3 Å². The first-order chi connectivity index (χ1) is 6.99. The van der Waals surface area contributed by atoms with Crippen LogP contribution in [0.2, 0.25) is 15.1 Å². The standard InChI is InChI=1S/C10H6Cl3NO/c1-5(15)6(4-14)9-7(11)2-3-8(12)10(9)13/h2-3,6H,1H3. The van der Waals surface area contributed by atoms with Gasteiger partial charge in [-0.3, -0.25) is 4.79 Å². The maximum atomic E-state index is 11.2. The molecule has 1 rings (SSSR count). The lowest BCUT2D eigenvalue weighted by molar-refractivity contribution is -0.117. The quantitative estimate of drug-likeness (QED) is 0.760. The van der Waals surface area contributed by atoms with Crippen molar-refractivity contribution in [2.24, 2.45) is 0 Å². The van der Waals surface area contributed by atoms with Crippen molar-refractivity contribution in [3.05, 3.63) is 32.8 Å². The number of carbonyl (C=O) groups excluding carboxylic acids is 1. The first kappa shape index (κ1) is 12.3. The molecule has 0 aliphatic carbocycles. The van der Waals surface area contributed by atoms with Crippen LogP contribution in [0.15, 0.2) is 12.1 Å². The van der Waals surface area contributed by atoms with Gasteiger partial charge in [0.25, 0.3) is 0 Å². The van der Waals surface area contributed by atoms with E-state index in [0.29, 0.717) is 0 Å². The summed E-state index contributed by atoms with van der Waals surface area (Å²) in [5, 5.41) is 9.56. The summed E-state index contributed by atoms with van der Waals surface area (Å²) in [7, 11) is 0. The molecule has 78 valence electrons. The summed E-state index contributed by atoms with van der Waals surface area (Å²) >= 11 is 17.5. The summed E-state index contributed by atoms with van der Waals surface area (Å²) in [6.07, 6.45) is 0. The maximum Gasteiger partial charge on any atom is 0.151 e. The van der Waals surface area contributed by atoms with Crippen LogP contribution >= 0.6 is 34.8 Å². The minimum atomic E-state index is -0.969. The average molecular weight is 263 g/mol. The Bertz CT molecular complexity index is 451. The van der Waals surface area contributed by atoms with E-state index < -0.39 is 5.92 Å². The van der Waals surface area contributed by atoms with E-state index in [1.165, 1.54) is 19.1 Å². The van der Waals surface area contributed by atoms with E-state index >= 15 is 0 Å². The molecule has 1 aromatic rings. The summed E-state index contributed by atoms with van der Waals surface area (Å²) in [5.74, 6) is -1.28. The second-order valence-corrected chi connectivity index (χ2v) is 4.12. The van der Waals surface area contributed by atoms with Gasteiger partial charge in [0.1, 0.15) is 5.92 Å². The SMILES string of the molecule is CC(=O)C(C#N)c1c(Cl)ccc(Cl)c1Cl. The molecule has 15 heavy (non-hydrogen) atoms. The summed E-state index contributed by atoms with van der Waals surface area (Å²) in [5.41, 5.74) is 0.279. The van der Waals surface area contributed by atoms with Gasteiger partial charge < -0.3 is 0 Å². The molecule has 0 fully saturated rings. The highest BCUT2D eigenvalue weighted by Crippen LogP contribution is 2.36. The highest BCUT2D eigenvalue weighted by Gasteiger charge is 2.23. The Morgan fingerprint density at radius 1 is 1.33 bits per heavy atom. The van der Waals surface area contributed by atoms with E-state index in [-0.39, 0.29) is 26.4 Å². The molecule has 0 saturated heterocycles. The molecule has 0 spiro atoms. The first-order valence-electron chi connectivity index (χ1n) is 4.02. The van der Waals surface area contributed by atoms with E-state index in [2.05, 4.69) is 0 Å². The highest BCUT2D eigenvalue weighted by atomic mass is 35.5. The minimum absolute atomic E-state index is 0.158. The first-order valence-corrected chi connectivity index (χ1v) is 5.16. The number of ketones is 1. The van der Waals surface area contributed by atoms with Crippen LogP contribution in [0.25, 0.3) is 0 Å². The van der Waals surface area contributed by atoms with Crippen molar-refractivity contribution >= 4 is 40.6 Å². The van der Waals surface area contributed by atoms with Gasteiger partial charge >= 0.3 is 0 Å². The lowest BCUT2D eigenvalue weighted by Gasteiger charge is -2.11. The molecule has 0 aliphatic heterocycles. The number of Topliss-reactive ketones (excluding diaryl/α,β-unsaturated/α-hetero) is 1. The van der Waals surface area contributed by atoms with E-state index in [0.717, 1.165) is 0 Å². The second kappa shape index (κ2) is 4.85. The largest absolute Gasteiger partial charge is 0.298 e. The van der Waals surface area contributed by atoms with Crippen molar-refractivity contribution in [3.63, 3.8) is 0 Å². The van der Waals surface area contributed by atoms with Crippen LogP contribution < -0.4 is 0 Å². The third kappa shape index (κ3) is 2.43. The maximum absolute atomic E-state index is 11.2. The number of rotatable bonds is 2. The third-order valence-electron chi connectivity index (χ3n) is 1.90. The summed E-state index contributed by atoms with van der Waals surface area (Å²) in [4.78, 5) is 11.2. The van der Waals surface area contributed by atoms with Crippen LogP contribution in [0.4, 0.5) is 0 Å². The van der Waals surface area contributed by atoms with Crippen LogP contribution in [-0.4, -0.2) is 5.78 Å². The Morgan fingerprint density at radius 3 is 2.33 bits per heavy atom. The molecule has 0 aliphatic rings. The molecule has 1 aromatic carbocycles.